The van der Waals surface area contributed by atoms with E-state index in [-0.39, 0.29) is 68.7 Å². The van der Waals surface area contributed by atoms with Crippen LogP contribution in [0, 0.1) is 17.7 Å². The number of benzene rings is 3. The van der Waals surface area contributed by atoms with Crippen LogP contribution in [0.3, 0.4) is 0 Å². The molecular weight excluding hydrogens is 894 g/mol. The Morgan fingerprint density at radius 2 is 1.42 bits per heavy atom. The average Bonchev–Trinajstić information content (AvgIpc) is 3.32. The lowest BCUT2D eigenvalue weighted by Gasteiger charge is -2.35. The number of carboxylic acids is 1. The van der Waals surface area contributed by atoms with Crippen molar-refractivity contribution in [2.45, 2.75) is 98.2 Å². The summed E-state index contributed by atoms with van der Waals surface area (Å²) < 4.78 is 33.5. The van der Waals surface area contributed by atoms with E-state index in [0.29, 0.717) is 49.2 Å². The van der Waals surface area contributed by atoms with Crippen molar-refractivity contribution in [1.29, 1.82) is 0 Å². The van der Waals surface area contributed by atoms with Crippen molar-refractivity contribution >= 4 is 58.3 Å². The first-order valence-electron chi connectivity index (χ1n) is 23.2. The molecule has 2 aliphatic rings. The highest BCUT2D eigenvalue weighted by atomic mass is 19.1. The van der Waals surface area contributed by atoms with Gasteiger partial charge in [-0.3, -0.25) is 14.4 Å². The molecule has 0 aliphatic carbocycles. The monoisotopic (exact) mass is 955 g/mol. The lowest BCUT2D eigenvalue weighted by Crippen LogP contribution is -2.55. The van der Waals surface area contributed by atoms with Crippen molar-refractivity contribution in [3.63, 3.8) is 0 Å². The van der Waals surface area contributed by atoms with E-state index in [9.17, 15) is 38.7 Å². The molecule has 2 aliphatic heterocycles. The number of likely N-dealkylation sites (tertiary alicyclic amines) is 1. The quantitative estimate of drug-likeness (QED) is 0.0913. The van der Waals surface area contributed by atoms with E-state index in [1.165, 1.54) is 17.2 Å². The van der Waals surface area contributed by atoms with Gasteiger partial charge in [0.05, 0.1) is 11.2 Å². The minimum atomic E-state index is -1.39. The number of hydrogen-bond acceptors (Lipinski definition) is 11. The van der Waals surface area contributed by atoms with E-state index in [1.807, 2.05) is 30.3 Å². The smallest absolute Gasteiger partial charge is 0.410 e. The highest BCUT2D eigenvalue weighted by Crippen LogP contribution is 2.28. The summed E-state index contributed by atoms with van der Waals surface area (Å²) in [4.78, 5) is 95.9. The molecule has 1 unspecified atom stereocenters. The Morgan fingerprint density at radius 3 is 2.03 bits per heavy atom. The Hall–Kier alpha value is -7.18. The molecule has 3 heterocycles. The number of rotatable bonds is 15. The average molecular weight is 956 g/mol. The van der Waals surface area contributed by atoms with E-state index < -0.39 is 70.6 Å². The third-order valence-electron chi connectivity index (χ3n) is 12.1. The number of carboxylic acid groups (broad SMARTS) is 1. The zero-order valence-electron chi connectivity index (χ0n) is 39.9. The molecule has 19 heteroatoms. The van der Waals surface area contributed by atoms with E-state index in [2.05, 4.69) is 16.0 Å². The van der Waals surface area contributed by atoms with Crippen LogP contribution in [0.5, 0.6) is 0 Å². The highest BCUT2D eigenvalue weighted by molar-refractivity contribution is 5.98. The van der Waals surface area contributed by atoms with E-state index >= 15 is 4.39 Å². The van der Waals surface area contributed by atoms with Gasteiger partial charge in [-0.2, -0.15) is 0 Å². The number of pyridine rings is 1. The highest BCUT2D eigenvalue weighted by Gasteiger charge is 2.34. The molecule has 6 rings (SSSR count). The number of alkyl carbamates (subject to hydrolysis) is 1. The summed E-state index contributed by atoms with van der Waals surface area (Å²) in [7, 11) is 0. The van der Waals surface area contributed by atoms with Gasteiger partial charge in [0.2, 0.25) is 17.2 Å². The molecule has 4 N–H and O–H groups in total. The molecule has 2 fully saturated rings. The Balaban J connectivity index is 1.04. The van der Waals surface area contributed by atoms with Crippen LogP contribution in [-0.2, 0) is 43.6 Å². The Labute approximate surface area is 400 Å². The molecule has 3 aromatic carbocycles. The first-order valence-corrected chi connectivity index (χ1v) is 23.2. The van der Waals surface area contributed by atoms with Crippen LogP contribution in [0.15, 0.2) is 77.7 Å². The lowest BCUT2D eigenvalue weighted by atomic mass is 9.89. The number of anilines is 2. The van der Waals surface area contributed by atoms with Gasteiger partial charge in [0, 0.05) is 63.1 Å². The van der Waals surface area contributed by atoms with Gasteiger partial charge in [0.15, 0.2) is 0 Å². The first-order chi connectivity index (χ1) is 32.8. The van der Waals surface area contributed by atoms with E-state index in [4.69, 9.17) is 14.2 Å². The largest absolute Gasteiger partial charge is 0.477 e. The predicted molar refractivity (Wildman–Crippen MR) is 255 cm³/mol. The number of hydrogen-bond donors (Lipinski definition) is 4. The van der Waals surface area contributed by atoms with Crippen LogP contribution < -0.4 is 26.3 Å². The molecule has 2 saturated heterocycles. The number of fused-ring (bicyclic) bond motifs is 1. The SMILES string of the molecule is CCn1cc(C(=O)O)c(=O)c2cc(F)c(N3CCN(C(=O)OCc4ccc(NC(=O)[C@H](CC5CCN(C(=O)OC(C)(C)C)CC5)NC(=O)C(NC(=O)OCc5ccccc5)C(C)C)cc4)CC3)cc21. The molecule has 69 heavy (non-hydrogen) atoms. The van der Waals surface area contributed by atoms with Gasteiger partial charge >= 0.3 is 24.2 Å². The van der Waals surface area contributed by atoms with Crippen molar-refractivity contribution in [1.82, 2.24) is 25.0 Å². The fourth-order valence-corrected chi connectivity index (χ4v) is 8.27. The van der Waals surface area contributed by atoms with Gasteiger partial charge in [-0.05, 0) is 94.2 Å². The zero-order valence-corrected chi connectivity index (χ0v) is 39.9. The van der Waals surface area contributed by atoms with E-state index in [0.717, 1.165) is 11.6 Å². The number of carbonyl (C=O) groups is 6. The summed E-state index contributed by atoms with van der Waals surface area (Å²) in [5.74, 6) is -3.50. The van der Waals surface area contributed by atoms with Crippen molar-refractivity contribution < 1.29 is 52.5 Å². The van der Waals surface area contributed by atoms with Gasteiger partial charge in [-0.25, -0.2) is 23.6 Å². The molecule has 1 aromatic heterocycles. The number of ether oxygens (including phenoxy) is 3. The summed E-state index contributed by atoms with van der Waals surface area (Å²) in [5.41, 5.74) is 0.627. The molecular formula is C50H62FN7O11. The van der Waals surface area contributed by atoms with Gasteiger partial charge in [0.1, 0.15) is 42.3 Å². The van der Waals surface area contributed by atoms with Gasteiger partial charge in [-0.1, -0.05) is 56.3 Å². The summed E-state index contributed by atoms with van der Waals surface area (Å²) in [6, 6.07) is 16.4. The molecule has 0 spiro atoms. The van der Waals surface area contributed by atoms with Crippen molar-refractivity contribution in [3.8, 4) is 0 Å². The van der Waals surface area contributed by atoms with Gasteiger partial charge < -0.3 is 54.5 Å². The maximum Gasteiger partial charge on any atom is 0.410 e. The Bertz CT molecular complexity index is 2550. The maximum atomic E-state index is 15.4. The van der Waals surface area contributed by atoms with Crippen molar-refractivity contribution in [2.24, 2.45) is 11.8 Å². The molecule has 5 amide bonds. The molecule has 0 saturated carbocycles. The molecule has 0 radical (unpaired) electrons. The fourth-order valence-electron chi connectivity index (χ4n) is 8.27. The second kappa shape index (κ2) is 22.7. The number of amides is 5. The number of aryl methyl sites for hydroxylation is 1. The zero-order chi connectivity index (χ0) is 50.0. The van der Waals surface area contributed by atoms with Crippen molar-refractivity contribution in [3.05, 3.63) is 106 Å². The number of carbonyl (C=O) groups excluding carboxylic acids is 5. The summed E-state index contributed by atoms with van der Waals surface area (Å²) in [6.45, 7) is 12.9. The number of nitrogens with one attached hydrogen (secondary N) is 3. The van der Waals surface area contributed by atoms with Crippen LogP contribution in [0.25, 0.3) is 10.9 Å². The summed E-state index contributed by atoms with van der Waals surface area (Å²) in [5, 5.41) is 17.9. The third kappa shape index (κ3) is 13.7. The van der Waals surface area contributed by atoms with Crippen LogP contribution in [0.4, 0.5) is 30.1 Å². The lowest BCUT2D eigenvalue weighted by molar-refractivity contribution is -0.129. The normalized spacial score (nSPS) is 15.3. The Kier molecular flexibility index (Phi) is 16.9. The summed E-state index contributed by atoms with van der Waals surface area (Å²) in [6.07, 6.45) is 0.910. The standard InChI is InChI=1S/C50H62FN7O11/c1-7-55-28-37(46(62)63)43(59)36-26-38(51)41(27-40(36)55)56-21-23-58(24-22-56)48(65)68-30-34-13-15-35(16-14-34)52-44(60)39(25-32-17-19-57(20-18-32)49(66)69-50(4,5)6)53-45(61)42(31(2)3)54-47(64)67-29-33-11-9-8-10-12-33/h8-16,26-28,31-32,39,42H,7,17-25,29-30H2,1-6H3,(H,52,60)(H,53,61)(H,54,64)(H,62,63)/t39-,42?/m0/s1. The molecule has 18 nitrogen and oxygen atoms in total. The topological polar surface area (TPSA) is 218 Å². The first kappa shape index (κ1) is 51.2. The van der Waals surface area contributed by atoms with E-state index in [1.54, 1.807) is 80.2 Å². The van der Waals surface area contributed by atoms with Crippen LogP contribution in [-0.4, -0.2) is 112 Å². The number of aromatic nitrogens is 1. The minimum Gasteiger partial charge on any atom is -0.477 e. The van der Waals surface area contributed by atoms with Gasteiger partial charge in [0.25, 0.3) is 0 Å². The molecule has 2 atom stereocenters. The summed E-state index contributed by atoms with van der Waals surface area (Å²) >= 11 is 0. The van der Waals surface area contributed by atoms with Crippen LogP contribution in [0.2, 0.25) is 0 Å². The fraction of sp³-hybridized carbons (Fsp3) is 0.460. The van der Waals surface area contributed by atoms with Crippen molar-refractivity contribution in [2.75, 3.05) is 49.5 Å². The number of nitrogens with zero attached hydrogens (tertiary/aromatic N) is 4. The second-order valence-electron chi connectivity index (χ2n) is 18.6. The maximum absolute atomic E-state index is 15.4. The predicted octanol–water partition coefficient (Wildman–Crippen LogP) is 6.73. The molecule has 4 aromatic rings. The molecule has 0 bridgehead atoms. The second-order valence-corrected chi connectivity index (χ2v) is 18.6. The van der Waals surface area contributed by atoms with Crippen LogP contribution in [0.1, 0.15) is 82.3 Å². The third-order valence-corrected chi connectivity index (χ3v) is 12.1. The molecule has 370 valence electrons. The van der Waals surface area contributed by atoms with Crippen LogP contribution >= 0.6 is 0 Å². The number of halogens is 1. The number of piperazine rings is 1. The Morgan fingerprint density at radius 1 is 0.797 bits per heavy atom. The minimum absolute atomic E-state index is 0.00962. The number of piperidine rings is 1. The van der Waals surface area contributed by atoms with Gasteiger partial charge in [-0.15, -0.1) is 0 Å². The number of aromatic carboxylic acids is 1.